The van der Waals surface area contributed by atoms with Crippen LogP contribution in [0, 0.1) is 0 Å². The van der Waals surface area contributed by atoms with Crippen molar-refractivity contribution >= 4 is 10.0 Å². The van der Waals surface area contributed by atoms with Crippen molar-refractivity contribution in [1.29, 1.82) is 0 Å². The first-order valence-electron chi connectivity index (χ1n) is 8.55. The monoisotopic (exact) mass is 338 g/mol. The minimum Gasteiger partial charge on any atom is -0.493 e. The highest BCUT2D eigenvalue weighted by Crippen LogP contribution is 2.36. The van der Waals surface area contributed by atoms with Crippen LogP contribution in [0.25, 0.3) is 0 Å². The quantitative estimate of drug-likeness (QED) is 0.826. The lowest BCUT2D eigenvalue weighted by atomic mass is 9.98. The van der Waals surface area contributed by atoms with Crippen LogP contribution in [0.15, 0.2) is 24.3 Å². The first-order chi connectivity index (χ1) is 11.1. The number of nitrogens with zero attached hydrogens (tertiary/aromatic N) is 2. The minimum absolute atomic E-state index is 0.281. The maximum atomic E-state index is 12.3. The Hall–Kier alpha value is -1.11. The number of ether oxygens (including phenoxy) is 1. The number of hydrogen-bond acceptors (Lipinski definition) is 4. The van der Waals surface area contributed by atoms with Crippen molar-refractivity contribution in [1.82, 2.24) is 9.21 Å². The molecule has 0 bridgehead atoms. The van der Waals surface area contributed by atoms with Crippen LogP contribution in [-0.2, 0) is 10.0 Å². The Bertz CT molecular complexity index is 624. The number of benzene rings is 1. The Morgan fingerprint density at radius 3 is 2.65 bits per heavy atom. The molecule has 0 saturated carbocycles. The summed E-state index contributed by atoms with van der Waals surface area (Å²) in [5, 5.41) is 0. The SMILES string of the molecule is CCCCS(=O)(=O)N1CCN(C2CCOc3ccccc32)CC1. The highest BCUT2D eigenvalue weighted by Gasteiger charge is 2.32. The molecule has 5 nitrogen and oxygen atoms in total. The molecule has 1 aromatic rings. The number of piperazine rings is 1. The zero-order chi connectivity index (χ0) is 16.3. The van der Waals surface area contributed by atoms with E-state index in [0.29, 0.717) is 19.1 Å². The average Bonchev–Trinajstić information content (AvgIpc) is 2.60. The van der Waals surface area contributed by atoms with Crippen LogP contribution in [0.1, 0.15) is 37.8 Å². The first kappa shape index (κ1) is 16.7. The van der Waals surface area contributed by atoms with Gasteiger partial charge in [-0.3, -0.25) is 4.90 Å². The Kier molecular flexibility index (Phi) is 5.24. The molecule has 1 unspecified atom stereocenters. The van der Waals surface area contributed by atoms with E-state index in [2.05, 4.69) is 11.0 Å². The van der Waals surface area contributed by atoms with Gasteiger partial charge in [-0.15, -0.1) is 0 Å². The van der Waals surface area contributed by atoms with Gasteiger partial charge < -0.3 is 4.74 Å². The Balaban J connectivity index is 1.64. The maximum absolute atomic E-state index is 12.3. The largest absolute Gasteiger partial charge is 0.493 e. The molecule has 2 aliphatic rings. The van der Waals surface area contributed by atoms with Crippen molar-refractivity contribution in [3.63, 3.8) is 0 Å². The maximum Gasteiger partial charge on any atom is 0.214 e. The van der Waals surface area contributed by atoms with Crippen LogP contribution in [0.2, 0.25) is 0 Å². The van der Waals surface area contributed by atoms with Crippen molar-refractivity contribution < 1.29 is 13.2 Å². The van der Waals surface area contributed by atoms with Crippen molar-refractivity contribution in [3.05, 3.63) is 29.8 Å². The van der Waals surface area contributed by atoms with Gasteiger partial charge in [0.15, 0.2) is 0 Å². The average molecular weight is 338 g/mol. The van der Waals surface area contributed by atoms with E-state index in [4.69, 9.17) is 4.74 Å². The molecule has 1 saturated heterocycles. The van der Waals surface area contributed by atoms with E-state index in [9.17, 15) is 8.42 Å². The summed E-state index contributed by atoms with van der Waals surface area (Å²) < 4.78 is 32.0. The van der Waals surface area contributed by atoms with Gasteiger partial charge in [-0.05, 0) is 12.5 Å². The van der Waals surface area contributed by atoms with Crippen LogP contribution in [-0.4, -0.2) is 56.2 Å². The second-order valence-electron chi connectivity index (χ2n) is 6.30. The van der Waals surface area contributed by atoms with Crippen LogP contribution in [0.4, 0.5) is 0 Å². The fraction of sp³-hybridized carbons (Fsp3) is 0.647. The topological polar surface area (TPSA) is 49.9 Å². The summed E-state index contributed by atoms with van der Waals surface area (Å²) in [4.78, 5) is 2.41. The van der Waals surface area contributed by atoms with Gasteiger partial charge in [-0.1, -0.05) is 31.5 Å². The number of hydrogen-bond donors (Lipinski definition) is 0. The predicted molar refractivity (Wildman–Crippen MR) is 91.1 cm³/mol. The smallest absolute Gasteiger partial charge is 0.214 e. The van der Waals surface area contributed by atoms with Gasteiger partial charge in [0.25, 0.3) is 0 Å². The third-order valence-electron chi connectivity index (χ3n) is 4.79. The molecule has 0 radical (unpaired) electrons. The molecule has 1 atom stereocenters. The van der Waals surface area contributed by atoms with E-state index in [1.54, 1.807) is 4.31 Å². The number of fused-ring (bicyclic) bond motifs is 1. The molecule has 2 aliphatic heterocycles. The van der Waals surface area contributed by atoms with Crippen molar-refractivity contribution in [2.24, 2.45) is 0 Å². The molecule has 1 fully saturated rings. The predicted octanol–water partition coefficient (Wildman–Crippen LogP) is 2.26. The van der Waals surface area contributed by atoms with Gasteiger partial charge in [-0.2, -0.15) is 4.31 Å². The number of para-hydroxylation sites is 1. The molecule has 23 heavy (non-hydrogen) atoms. The number of unbranched alkanes of at least 4 members (excludes halogenated alkanes) is 1. The van der Waals surface area contributed by atoms with Gasteiger partial charge in [0.2, 0.25) is 10.0 Å². The summed E-state index contributed by atoms with van der Waals surface area (Å²) in [6.45, 7) is 5.55. The normalized spacial score (nSPS) is 23.3. The molecule has 1 aromatic carbocycles. The lowest BCUT2D eigenvalue weighted by Gasteiger charge is -2.40. The molecular weight excluding hydrogens is 312 g/mol. The van der Waals surface area contributed by atoms with Crippen LogP contribution < -0.4 is 4.74 Å². The summed E-state index contributed by atoms with van der Waals surface area (Å²) in [5.74, 6) is 1.26. The minimum atomic E-state index is -3.08. The summed E-state index contributed by atoms with van der Waals surface area (Å²) in [6, 6.07) is 8.54. The van der Waals surface area contributed by atoms with E-state index in [1.807, 2.05) is 25.1 Å². The molecule has 0 amide bonds. The molecule has 0 N–H and O–H groups in total. The Morgan fingerprint density at radius 1 is 1.17 bits per heavy atom. The lowest BCUT2D eigenvalue weighted by molar-refractivity contribution is 0.103. The highest BCUT2D eigenvalue weighted by atomic mass is 32.2. The van der Waals surface area contributed by atoms with Crippen LogP contribution >= 0.6 is 0 Å². The Morgan fingerprint density at radius 2 is 1.91 bits per heavy atom. The van der Waals surface area contributed by atoms with Gasteiger partial charge in [-0.25, -0.2) is 8.42 Å². The van der Waals surface area contributed by atoms with Gasteiger partial charge in [0.05, 0.1) is 12.4 Å². The van der Waals surface area contributed by atoms with E-state index in [0.717, 1.165) is 44.7 Å². The summed E-state index contributed by atoms with van der Waals surface area (Å²) in [5.41, 5.74) is 1.24. The zero-order valence-corrected chi connectivity index (χ0v) is 14.6. The molecule has 0 aliphatic carbocycles. The molecule has 3 rings (SSSR count). The molecule has 6 heteroatoms. The highest BCUT2D eigenvalue weighted by molar-refractivity contribution is 7.89. The van der Waals surface area contributed by atoms with Gasteiger partial charge in [0.1, 0.15) is 5.75 Å². The zero-order valence-electron chi connectivity index (χ0n) is 13.8. The summed E-state index contributed by atoms with van der Waals surface area (Å²) in [6.07, 6.45) is 2.63. The first-order valence-corrected chi connectivity index (χ1v) is 10.2. The molecule has 0 spiro atoms. The standard InChI is InChI=1S/C17H26N2O3S/c1-2-3-14-23(20,21)19-11-9-18(10-12-19)16-8-13-22-17-7-5-4-6-15(16)17/h4-7,16H,2-3,8-14H2,1H3. The fourth-order valence-corrected chi connectivity index (χ4v) is 5.08. The molecule has 0 aromatic heterocycles. The van der Waals surface area contributed by atoms with Crippen molar-refractivity contribution in [3.8, 4) is 5.75 Å². The van der Waals surface area contributed by atoms with Crippen LogP contribution in [0.3, 0.4) is 0 Å². The van der Waals surface area contributed by atoms with Crippen molar-refractivity contribution in [2.75, 3.05) is 38.5 Å². The van der Waals surface area contributed by atoms with Gasteiger partial charge in [0, 0.05) is 44.2 Å². The summed E-state index contributed by atoms with van der Waals surface area (Å²) in [7, 11) is -3.08. The molecule has 128 valence electrons. The van der Waals surface area contributed by atoms with E-state index in [-0.39, 0.29) is 5.75 Å². The third kappa shape index (κ3) is 3.70. The fourth-order valence-electron chi connectivity index (χ4n) is 3.45. The van der Waals surface area contributed by atoms with Crippen LogP contribution in [0.5, 0.6) is 5.75 Å². The second-order valence-corrected chi connectivity index (χ2v) is 8.38. The lowest BCUT2D eigenvalue weighted by Crippen LogP contribution is -2.50. The third-order valence-corrected chi connectivity index (χ3v) is 6.75. The molecule has 2 heterocycles. The molecular formula is C17H26N2O3S. The van der Waals surface area contributed by atoms with Gasteiger partial charge >= 0.3 is 0 Å². The number of sulfonamides is 1. The van der Waals surface area contributed by atoms with E-state index < -0.39 is 10.0 Å². The van der Waals surface area contributed by atoms with Crippen molar-refractivity contribution in [2.45, 2.75) is 32.2 Å². The second kappa shape index (κ2) is 7.20. The van der Waals surface area contributed by atoms with E-state index in [1.165, 1.54) is 5.56 Å². The summed E-state index contributed by atoms with van der Waals surface area (Å²) >= 11 is 0. The van der Waals surface area contributed by atoms with E-state index >= 15 is 0 Å². The number of rotatable bonds is 5. The Labute approximate surface area is 139 Å².